The molecule has 0 aromatic carbocycles. The highest BCUT2D eigenvalue weighted by Crippen LogP contribution is 2.12. The smallest absolute Gasteiger partial charge is 0.267 e. The first-order chi connectivity index (χ1) is 12.4. The fourth-order valence-electron chi connectivity index (χ4n) is 3.24. The van der Waals surface area contributed by atoms with E-state index in [-0.39, 0.29) is 29.1 Å². The van der Waals surface area contributed by atoms with E-state index in [2.05, 4.69) is 15.5 Å². The predicted octanol–water partition coefficient (Wildman–Crippen LogP) is 0.519. The first-order valence-corrected chi connectivity index (χ1v) is 8.80. The Hall–Kier alpha value is -2.71. The lowest BCUT2D eigenvalue weighted by atomic mass is 10.1. The number of hydrogen-bond acceptors (Lipinski definition) is 6. The molecular formula is C17H23N5O4. The Balaban J connectivity index is 1.72. The zero-order valence-corrected chi connectivity index (χ0v) is 15.2. The summed E-state index contributed by atoms with van der Waals surface area (Å²) in [5, 5.41) is 6.68. The van der Waals surface area contributed by atoms with Crippen LogP contribution in [0.25, 0.3) is 11.1 Å². The second kappa shape index (κ2) is 7.27. The first-order valence-electron chi connectivity index (χ1n) is 8.80. The van der Waals surface area contributed by atoms with Crippen LogP contribution in [-0.2, 0) is 16.1 Å². The number of carbonyl (C=O) groups excluding carboxylic acids is 2. The molecule has 0 saturated carbocycles. The van der Waals surface area contributed by atoms with Gasteiger partial charge in [-0.05, 0) is 40.0 Å². The van der Waals surface area contributed by atoms with Crippen LogP contribution in [0.3, 0.4) is 0 Å². The molecule has 3 rings (SSSR count). The maximum absolute atomic E-state index is 12.6. The molecule has 3 heterocycles. The van der Waals surface area contributed by atoms with Gasteiger partial charge in [-0.2, -0.15) is 4.98 Å². The third-order valence-electron chi connectivity index (χ3n) is 4.68. The molecule has 2 amide bonds. The first kappa shape index (κ1) is 18.1. The van der Waals surface area contributed by atoms with Gasteiger partial charge in [0.05, 0.1) is 5.69 Å². The van der Waals surface area contributed by atoms with Gasteiger partial charge in [-0.1, -0.05) is 5.16 Å². The van der Waals surface area contributed by atoms with Crippen LogP contribution in [0, 0.1) is 13.8 Å². The van der Waals surface area contributed by atoms with Gasteiger partial charge in [0.1, 0.15) is 23.8 Å². The van der Waals surface area contributed by atoms with Gasteiger partial charge in [-0.25, -0.2) is 0 Å². The number of piperidine rings is 1. The number of nitrogens with zero attached hydrogens (tertiary/aromatic N) is 4. The molecule has 26 heavy (non-hydrogen) atoms. The number of aromatic nitrogens is 3. The quantitative estimate of drug-likeness (QED) is 0.850. The van der Waals surface area contributed by atoms with E-state index in [1.165, 1.54) is 4.57 Å². The summed E-state index contributed by atoms with van der Waals surface area (Å²) in [6, 6.07) is -0.634. The Bertz CT molecular complexity index is 894. The maximum Gasteiger partial charge on any atom is 0.267 e. The summed E-state index contributed by atoms with van der Waals surface area (Å²) in [5.74, 6) is -0.155. The van der Waals surface area contributed by atoms with Crippen molar-refractivity contribution in [3.8, 4) is 0 Å². The minimum absolute atomic E-state index is 0.0921. The second-order valence-electron chi connectivity index (χ2n) is 6.67. The molecule has 0 unspecified atom stereocenters. The molecule has 140 valence electrons. The molecule has 0 aliphatic carbocycles. The van der Waals surface area contributed by atoms with Gasteiger partial charge in [0.15, 0.2) is 0 Å². The van der Waals surface area contributed by atoms with Gasteiger partial charge in [0.2, 0.25) is 11.8 Å². The third-order valence-corrected chi connectivity index (χ3v) is 4.68. The Morgan fingerprint density at radius 2 is 1.92 bits per heavy atom. The highest BCUT2D eigenvalue weighted by atomic mass is 16.5. The highest BCUT2D eigenvalue weighted by molar-refractivity contribution is 5.87. The lowest BCUT2D eigenvalue weighted by Crippen LogP contribution is -2.49. The minimum Gasteiger partial charge on any atom is -0.343 e. The predicted molar refractivity (Wildman–Crippen MR) is 93.6 cm³/mol. The Morgan fingerprint density at radius 1 is 1.23 bits per heavy atom. The van der Waals surface area contributed by atoms with Crippen molar-refractivity contribution in [1.29, 1.82) is 0 Å². The fourth-order valence-corrected chi connectivity index (χ4v) is 3.24. The summed E-state index contributed by atoms with van der Waals surface area (Å²) in [7, 11) is 0. The number of nitrogens with one attached hydrogen (secondary N) is 1. The molecule has 9 nitrogen and oxygen atoms in total. The molecule has 9 heteroatoms. The molecular weight excluding hydrogens is 338 g/mol. The fraction of sp³-hybridized carbons (Fsp3) is 0.588. The van der Waals surface area contributed by atoms with E-state index in [0.717, 1.165) is 32.4 Å². The molecule has 1 aliphatic heterocycles. The van der Waals surface area contributed by atoms with E-state index in [4.69, 9.17) is 4.52 Å². The van der Waals surface area contributed by atoms with Crippen molar-refractivity contribution in [2.45, 2.75) is 52.6 Å². The number of carbonyl (C=O) groups is 2. The molecule has 2 aromatic rings. The number of aryl methyl sites for hydroxylation is 2. The molecule has 1 fully saturated rings. The number of hydrogen-bond donors (Lipinski definition) is 1. The highest BCUT2D eigenvalue weighted by Gasteiger charge is 2.24. The Morgan fingerprint density at radius 3 is 2.62 bits per heavy atom. The monoisotopic (exact) mass is 361 g/mol. The lowest BCUT2D eigenvalue weighted by Gasteiger charge is -2.29. The van der Waals surface area contributed by atoms with Crippen LogP contribution in [-0.4, -0.2) is 50.6 Å². The summed E-state index contributed by atoms with van der Waals surface area (Å²) in [6.07, 6.45) is 3.11. The van der Waals surface area contributed by atoms with E-state index in [1.807, 2.05) is 0 Å². The molecule has 2 aromatic heterocycles. The molecule has 1 atom stereocenters. The van der Waals surface area contributed by atoms with Gasteiger partial charge >= 0.3 is 0 Å². The van der Waals surface area contributed by atoms with Gasteiger partial charge in [-0.15, -0.1) is 0 Å². The zero-order valence-electron chi connectivity index (χ0n) is 15.2. The lowest BCUT2D eigenvalue weighted by molar-refractivity contribution is -0.136. The number of fused-ring (bicyclic) bond motifs is 1. The van der Waals surface area contributed by atoms with Crippen LogP contribution in [0.5, 0.6) is 0 Å². The summed E-state index contributed by atoms with van der Waals surface area (Å²) in [5.41, 5.74) is 0.215. The van der Waals surface area contributed by atoms with Gasteiger partial charge in [0, 0.05) is 13.1 Å². The van der Waals surface area contributed by atoms with Crippen molar-refractivity contribution in [3.63, 3.8) is 0 Å². The standard InChI is InChI=1S/C17H23N5O4/c1-10-14-15(26-20-10)19-12(3)22(17(14)25)9-13(23)18-11(2)16(24)21-7-5-4-6-8-21/h11H,4-9H2,1-3H3,(H,18,23)/t11-/m1/s1. The molecule has 0 bridgehead atoms. The van der Waals surface area contributed by atoms with Crippen molar-refractivity contribution >= 4 is 22.9 Å². The van der Waals surface area contributed by atoms with Gasteiger partial charge < -0.3 is 14.7 Å². The number of amides is 2. The van der Waals surface area contributed by atoms with Crippen molar-refractivity contribution < 1.29 is 14.1 Å². The summed E-state index contributed by atoms with van der Waals surface area (Å²) < 4.78 is 6.27. The topological polar surface area (TPSA) is 110 Å². The molecule has 0 spiro atoms. The van der Waals surface area contributed by atoms with E-state index in [0.29, 0.717) is 11.5 Å². The Kier molecular flexibility index (Phi) is 5.06. The molecule has 1 saturated heterocycles. The molecule has 0 radical (unpaired) electrons. The average molecular weight is 361 g/mol. The van der Waals surface area contributed by atoms with Gasteiger partial charge in [-0.3, -0.25) is 19.0 Å². The number of rotatable bonds is 4. The Labute approximate surface area is 150 Å². The summed E-state index contributed by atoms with van der Waals surface area (Å²) in [6.45, 7) is 6.17. The van der Waals surface area contributed by atoms with Crippen molar-refractivity contribution in [2.75, 3.05) is 13.1 Å². The largest absolute Gasteiger partial charge is 0.343 e. The SMILES string of the molecule is Cc1noc2nc(C)n(CC(=O)N[C@H](C)C(=O)N3CCCCC3)c(=O)c12. The van der Waals surface area contributed by atoms with Crippen LogP contribution in [0.15, 0.2) is 9.32 Å². The average Bonchev–Trinajstić information content (AvgIpc) is 2.99. The summed E-state index contributed by atoms with van der Waals surface area (Å²) in [4.78, 5) is 43.3. The maximum atomic E-state index is 12.6. The number of likely N-dealkylation sites (tertiary alicyclic amines) is 1. The zero-order chi connectivity index (χ0) is 18.8. The second-order valence-corrected chi connectivity index (χ2v) is 6.67. The van der Waals surface area contributed by atoms with Gasteiger partial charge in [0.25, 0.3) is 11.3 Å². The van der Waals surface area contributed by atoms with Crippen molar-refractivity contribution in [1.82, 2.24) is 24.9 Å². The van der Waals surface area contributed by atoms with Crippen LogP contribution in [0.1, 0.15) is 37.7 Å². The third kappa shape index (κ3) is 3.47. The molecule has 1 aliphatic rings. The van der Waals surface area contributed by atoms with Crippen LogP contribution in [0.4, 0.5) is 0 Å². The summed E-state index contributed by atoms with van der Waals surface area (Å²) >= 11 is 0. The van der Waals surface area contributed by atoms with E-state index in [1.54, 1.807) is 25.7 Å². The van der Waals surface area contributed by atoms with Crippen LogP contribution >= 0.6 is 0 Å². The van der Waals surface area contributed by atoms with Crippen molar-refractivity contribution in [3.05, 3.63) is 21.9 Å². The minimum atomic E-state index is -0.634. The van der Waals surface area contributed by atoms with Crippen LogP contribution < -0.4 is 10.9 Å². The van der Waals surface area contributed by atoms with Crippen LogP contribution in [0.2, 0.25) is 0 Å². The van der Waals surface area contributed by atoms with E-state index in [9.17, 15) is 14.4 Å². The normalized spacial score (nSPS) is 15.9. The van der Waals surface area contributed by atoms with E-state index < -0.39 is 11.9 Å². The van der Waals surface area contributed by atoms with E-state index >= 15 is 0 Å². The molecule has 1 N–H and O–H groups in total. The van der Waals surface area contributed by atoms with Crippen molar-refractivity contribution in [2.24, 2.45) is 0 Å².